The molecule has 3 rings (SSSR count). The van der Waals surface area contributed by atoms with Gasteiger partial charge in [0.25, 0.3) is 0 Å². The SMILES string of the molecule is COCCOCCOCCOCCOC(=O)CCC(=O)Oc1ccc2c(ccn2CCCCCCNC(=O)/C=C/c2cccnc2)c1. The summed E-state index contributed by atoms with van der Waals surface area (Å²) in [6.45, 7) is 4.71. The standard InChI is InChI=1S/C35H47N3O9/c1-42-19-20-43-21-22-44-23-24-45-25-26-46-34(40)12-13-35(41)47-31-9-10-32-30(27-31)14-18-38(32)17-5-3-2-4-16-37-33(39)11-8-29-7-6-15-36-28-29/h6-11,14-15,18,27-28H,2-5,12-13,16-17,19-26H2,1H3,(H,37,39)/b11-8+. The van der Waals surface area contributed by atoms with Crippen molar-refractivity contribution in [3.8, 4) is 5.75 Å². The molecule has 12 nitrogen and oxygen atoms in total. The summed E-state index contributed by atoms with van der Waals surface area (Å²) in [7, 11) is 1.62. The third-order valence-corrected chi connectivity index (χ3v) is 6.91. The van der Waals surface area contributed by atoms with Gasteiger partial charge < -0.3 is 38.3 Å². The van der Waals surface area contributed by atoms with Gasteiger partial charge in [0.15, 0.2) is 0 Å². The van der Waals surface area contributed by atoms with Gasteiger partial charge in [-0.25, -0.2) is 0 Å². The second kappa shape index (κ2) is 23.3. The Labute approximate surface area is 276 Å². The summed E-state index contributed by atoms with van der Waals surface area (Å²) in [6, 6.07) is 11.2. The van der Waals surface area contributed by atoms with E-state index >= 15 is 0 Å². The Morgan fingerprint density at radius 3 is 2.30 bits per heavy atom. The van der Waals surface area contributed by atoms with E-state index in [4.69, 9.17) is 28.4 Å². The second-order valence-corrected chi connectivity index (χ2v) is 10.6. The summed E-state index contributed by atoms with van der Waals surface area (Å²) in [5.74, 6) is -0.655. The van der Waals surface area contributed by atoms with Crippen molar-refractivity contribution >= 4 is 34.8 Å². The number of fused-ring (bicyclic) bond motifs is 1. The predicted octanol–water partition coefficient (Wildman–Crippen LogP) is 4.35. The minimum Gasteiger partial charge on any atom is -0.463 e. The Morgan fingerprint density at radius 1 is 0.830 bits per heavy atom. The van der Waals surface area contributed by atoms with Gasteiger partial charge in [-0.1, -0.05) is 18.9 Å². The van der Waals surface area contributed by atoms with E-state index in [9.17, 15) is 14.4 Å². The van der Waals surface area contributed by atoms with Gasteiger partial charge >= 0.3 is 11.9 Å². The maximum Gasteiger partial charge on any atom is 0.311 e. The van der Waals surface area contributed by atoms with Crippen LogP contribution in [-0.4, -0.2) is 93.9 Å². The Hall–Kier alpha value is -4.10. The van der Waals surface area contributed by atoms with Crippen LogP contribution in [0.2, 0.25) is 0 Å². The Kier molecular flexibility index (Phi) is 18.5. The molecule has 0 unspecified atom stereocenters. The normalized spacial score (nSPS) is 11.3. The lowest BCUT2D eigenvalue weighted by Gasteiger charge is -2.08. The molecule has 0 radical (unpaired) electrons. The van der Waals surface area contributed by atoms with Crippen LogP contribution >= 0.6 is 0 Å². The van der Waals surface area contributed by atoms with Gasteiger partial charge in [-0.3, -0.25) is 19.4 Å². The Balaban J connectivity index is 1.20. The van der Waals surface area contributed by atoms with Gasteiger partial charge in [-0.15, -0.1) is 0 Å². The fraction of sp³-hybridized carbons (Fsp3) is 0.486. The Bertz CT molecular complexity index is 1360. The highest BCUT2D eigenvalue weighted by Crippen LogP contribution is 2.23. The van der Waals surface area contributed by atoms with E-state index in [1.54, 1.807) is 31.6 Å². The van der Waals surface area contributed by atoms with E-state index in [1.807, 2.05) is 36.5 Å². The van der Waals surface area contributed by atoms with E-state index in [1.165, 1.54) is 6.08 Å². The molecule has 2 aromatic heterocycles. The highest BCUT2D eigenvalue weighted by Gasteiger charge is 2.11. The van der Waals surface area contributed by atoms with Crippen LogP contribution in [0, 0.1) is 0 Å². The molecule has 12 heteroatoms. The van der Waals surface area contributed by atoms with Gasteiger partial charge in [0, 0.05) is 55.8 Å². The van der Waals surface area contributed by atoms with Gasteiger partial charge in [-0.05, 0) is 54.8 Å². The number of methoxy groups -OCH3 is 1. The lowest BCUT2D eigenvalue weighted by molar-refractivity contribution is -0.148. The zero-order valence-electron chi connectivity index (χ0n) is 27.2. The number of carbonyl (C=O) groups excluding carboxylic acids is 3. The van der Waals surface area contributed by atoms with Crippen LogP contribution in [0.25, 0.3) is 17.0 Å². The highest BCUT2D eigenvalue weighted by atomic mass is 16.6. The highest BCUT2D eigenvalue weighted by molar-refractivity contribution is 5.91. The molecule has 47 heavy (non-hydrogen) atoms. The van der Waals surface area contributed by atoms with Crippen molar-refractivity contribution in [2.45, 2.75) is 45.1 Å². The molecule has 0 atom stereocenters. The number of aromatic nitrogens is 2. The van der Waals surface area contributed by atoms with E-state index in [2.05, 4.69) is 14.9 Å². The summed E-state index contributed by atoms with van der Waals surface area (Å²) >= 11 is 0. The fourth-order valence-electron chi connectivity index (χ4n) is 4.47. The number of hydrogen-bond acceptors (Lipinski definition) is 10. The third kappa shape index (κ3) is 16.3. The van der Waals surface area contributed by atoms with Crippen molar-refractivity contribution in [2.24, 2.45) is 0 Å². The number of carbonyl (C=O) groups is 3. The van der Waals surface area contributed by atoms with Crippen molar-refractivity contribution in [3.05, 3.63) is 66.6 Å². The predicted molar refractivity (Wildman–Crippen MR) is 177 cm³/mol. The maximum atomic E-state index is 12.3. The van der Waals surface area contributed by atoms with E-state index in [0.29, 0.717) is 51.9 Å². The lowest BCUT2D eigenvalue weighted by Crippen LogP contribution is -2.21. The number of nitrogens with one attached hydrogen (secondary N) is 1. The van der Waals surface area contributed by atoms with Crippen LogP contribution in [0.15, 0.2) is 61.1 Å². The fourth-order valence-corrected chi connectivity index (χ4v) is 4.47. The molecule has 256 valence electrons. The van der Waals surface area contributed by atoms with Crippen molar-refractivity contribution in [1.29, 1.82) is 0 Å². The molecule has 0 saturated carbocycles. The number of benzene rings is 1. The van der Waals surface area contributed by atoms with Gasteiger partial charge in [0.2, 0.25) is 5.91 Å². The summed E-state index contributed by atoms with van der Waals surface area (Å²) in [6.07, 6.45) is 12.6. The summed E-state index contributed by atoms with van der Waals surface area (Å²) in [5, 5.41) is 3.88. The quantitative estimate of drug-likeness (QED) is 0.0608. The van der Waals surface area contributed by atoms with Crippen LogP contribution < -0.4 is 10.1 Å². The maximum absolute atomic E-state index is 12.3. The van der Waals surface area contributed by atoms with Crippen LogP contribution in [0.1, 0.15) is 44.1 Å². The summed E-state index contributed by atoms with van der Waals surface area (Å²) in [4.78, 5) is 40.2. The zero-order chi connectivity index (χ0) is 33.4. The summed E-state index contributed by atoms with van der Waals surface area (Å²) < 4.78 is 33.6. The first-order valence-electron chi connectivity index (χ1n) is 16.1. The molecule has 0 aliphatic heterocycles. The number of pyridine rings is 1. The Morgan fingerprint density at radius 2 is 1.55 bits per heavy atom. The molecule has 0 fully saturated rings. The number of aryl methyl sites for hydroxylation is 1. The van der Waals surface area contributed by atoms with Crippen molar-refractivity contribution < 1.29 is 42.8 Å². The molecule has 0 bridgehead atoms. The van der Waals surface area contributed by atoms with Crippen molar-refractivity contribution in [3.63, 3.8) is 0 Å². The molecule has 0 aliphatic rings. The first-order valence-corrected chi connectivity index (χ1v) is 16.1. The minimum atomic E-state index is -0.499. The number of nitrogens with zero attached hydrogens (tertiary/aromatic N) is 2. The molecule has 2 heterocycles. The number of amides is 1. The summed E-state index contributed by atoms with van der Waals surface area (Å²) in [5.41, 5.74) is 1.95. The number of ether oxygens (including phenoxy) is 6. The molecule has 1 aromatic carbocycles. The molecule has 0 aliphatic carbocycles. The molecule has 1 amide bonds. The molecule has 0 spiro atoms. The molecular formula is C35H47N3O9. The van der Waals surface area contributed by atoms with Gasteiger partial charge in [0.05, 0.1) is 59.1 Å². The van der Waals surface area contributed by atoms with Crippen LogP contribution in [0.3, 0.4) is 0 Å². The average molecular weight is 654 g/mol. The first kappa shape index (κ1) is 37.4. The topological polar surface area (TPSA) is 136 Å². The number of esters is 2. The van der Waals surface area contributed by atoms with Crippen LogP contribution in [-0.2, 0) is 44.6 Å². The number of unbranched alkanes of at least 4 members (excludes halogenated alkanes) is 3. The smallest absolute Gasteiger partial charge is 0.311 e. The first-order chi connectivity index (χ1) is 23.0. The zero-order valence-corrected chi connectivity index (χ0v) is 27.2. The number of rotatable bonds is 25. The second-order valence-electron chi connectivity index (χ2n) is 10.6. The molecule has 3 aromatic rings. The lowest BCUT2D eigenvalue weighted by atomic mass is 10.2. The van der Waals surface area contributed by atoms with Gasteiger partial charge in [-0.2, -0.15) is 0 Å². The third-order valence-electron chi connectivity index (χ3n) is 6.91. The largest absolute Gasteiger partial charge is 0.463 e. The number of hydrogen-bond donors (Lipinski definition) is 1. The van der Waals surface area contributed by atoms with Crippen molar-refractivity contribution in [1.82, 2.24) is 14.9 Å². The van der Waals surface area contributed by atoms with Crippen LogP contribution in [0.5, 0.6) is 5.75 Å². The van der Waals surface area contributed by atoms with E-state index in [0.717, 1.165) is 48.7 Å². The average Bonchev–Trinajstić information content (AvgIpc) is 3.48. The molecular weight excluding hydrogens is 606 g/mol. The van der Waals surface area contributed by atoms with Gasteiger partial charge in [0.1, 0.15) is 12.4 Å². The minimum absolute atomic E-state index is 0.0702. The van der Waals surface area contributed by atoms with Crippen LogP contribution in [0.4, 0.5) is 0 Å². The molecule has 1 N–H and O–H groups in total. The molecule has 0 saturated heterocycles. The monoisotopic (exact) mass is 653 g/mol. The van der Waals surface area contributed by atoms with E-state index < -0.39 is 11.9 Å². The van der Waals surface area contributed by atoms with Crippen molar-refractivity contribution in [2.75, 3.05) is 66.5 Å². The van der Waals surface area contributed by atoms with E-state index in [-0.39, 0.29) is 32.0 Å².